The van der Waals surface area contributed by atoms with Crippen LogP contribution in [-0.4, -0.2) is 11.8 Å². The summed E-state index contributed by atoms with van der Waals surface area (Å²) in [5.74, 6) is -0.800. The Morgan fingerprint density at radius 1 is 1.14 bits per heavy atom. The average Bonchev–Trinajstić information content (AvgIpc) is 2.88. The molecule has 21 heavy (non-hydrogen) atoms. The lowest BCUT2D eigenvalue weighted by atomic mass is 10.2. The Hall–Kier alpha value is -2.11. The number of rotatable bonds is 3. The van der Waals surface area contributed by atoms with E-state index in [0.29, 0.717) is 10.6 Å². The first-order chi connectivity index (χ1) is 10.1. The van der Waals surface area contributed by atoms with E-state index in [4.69, 9.17) is 11.6 Å². The second-order valence-corrected chi connectivity index (χ2v) is 5.64. The Morgan fingerprint density at radius 2 is 1.86 bits per heavy atom. The van der Waals surface area contributed by atoms with Crippen molar-refractivity contribution in [2.45, 2.75) is 6.92 Å². The fourth-order valence-corrected chi connectivity index (χ4v) is 2.49. The van der Waals surface area contributed by atoms with Crippen LogP contribution in [0.5, 0.6) is 0 Å². The van der Waals surface area contributed by atoms with Crippen LogP contribution in [-0.2, 0) is 4.79 Å². The number of aryl methyl sites for hydroxylation is 1. The summed E-state index contributed by atoms with van der Waals surface area (Å²) in [6.45, 7) is 1.97. The minimum atomic E-state index is -0.402. The standard InChI is InChI=1S/C15H13ClN2O2S/c1-10-8-9-21-13(10)6-7-14(19)17-18-15(20)11-2-4-12(16)5-3-11/h2-9H,1H3,(H,17,19)(H,18,20)/b7-6+. The lowest BCUT2D eigenvalue weighted by Gasteiger charge is -2.05. The van der Waals surface area contributed by atoms with Gasteiger partial charge in [-0.15, -0.1) is 11.3 Å². The predicted molar refractivity (Wildman–Crippen MR) is 85.2 cm³/mol. The van der Waals surface area contributed by atoms with Gasteiger partial charge in [-0.25, -0.2) is 0 Å². The van der Waals surface area contributed by atoms with Gasteiger partial charge in [0, 0.05) is 21.5 Å². The lowest BCUT2D eigenvalue weighted by molar-refractivity contribution is -0.117. The molecule has 108 valence electrons. The van der Waals surface area contributed by atoms with E-state index in [9.17, 15) is 9.59 Å². The van der Waals surface area contributed by atoms with Gasteiger partial charge in [0.15, 0.2) is 0 Å². The SMILES string of the molecule is Cc1ccsc1/C=C/C(=O)NNC(=O)c1ccc(Cl)cc1. The van der Waals surface area contributed by atoms with Gasteiger partial charge in [-0.3, -0.25) is 20.4 Å². The molecule has 0 unspecified atom stereocenters. The van der Waals surface area contributed by atoms with E-state index >= 15 is 0 Å². The van der Waals surface area contributed by atoms with Crippen LogP contribution in [0, 0.1) is 6.92 Å². The monoisotopic (exact) mass is 320 g/mol. The highest BCUT2D eigenvalue weighted by Crippen LogP contribution is 2.16. The average molecular weight is 321 g/mol. The molecule has 2 N–H and O–H groups in total. The normalized spacial score (nSPS) is 10.6. The van der Waals surface area contributed by atoms with Crippen molar-refractivity contribution in [3.05, 3.63) is 62.8 Å². The van der Waals surface area contributed by atoms with Crippen molar-refractivity contribution in [1.82, 2.24) is 10.9 Å². The predicted octanol–water partition coefficient (Wildman–Crippen LogP) is 3.18. The van der Waals surface area contributed by atoms with E-state index in [2.05, 4.69) is 10.9 Å². The molecule has 0 spiro atoms. The molecule has 0 saturated heterocycles. The summed E-state index contributed by atoms with van der Waals surface area (Å²) in [6, 6.07) is 8.35. The van der Waals surface area contributed by atoms with Crippen molar-refractivity contribution >= 4 is 40.8 Å². The molecule has 0 bridgehead atoms. The highest BCUT2D eigenvalue weighted by Gasteiger charge is 2.05. The quantitative estimate of drug-likeness (QED) is 0.674. The number of benzene rings is 1. The van der Waals surface area contributed by atoms with E-state index in [1.54, 1.807) is 41.7 Å². The summed E-state index contributed by atoms with van der Waals surface area (Å²) in [4.78, 5) is 24.4. The molecule has 1 heterocycles. The molecule has 2 aromatic rings. The third-order valence-corrected chi connectivity index (χ3v) is 3.93. The maximum atomic E-state index is 11.8. The van der Waals surface area contributed by atoms with Gasteiger partial charge in [-0.1, -0.05) is 11.6 Å². The summed E-state index contributed by atoms with van der Waals surface area (Å²) in [5, 5.41) is 2.50. The molecule has 0 atom stereocenters. The molecule has 6 heteroatoms. The summed E-state index contributed by atoms with van der Waals surface area (Å²) in [6.07, 6.45) is 3.09. The largest absolute Gasteiger partial charge is 0.269 e. The molecular formula is C15H13ClN2O2S. The van der Waals surface area contributed by atoms with Crippen molar-refractivity contribution in [2.75, 3.05) is 0 Å². The molecule has 0 radical (unpaired) electrons. The Morgan fingerprint density at radius 3 is 2.48 bits per heavy atom. The third-order valence-electron chi connectivity index (χ3n) is 2.69. The van der Waals surface area contributed by atoms with Crippen LogP contribution in [0.15, 0.2) is 41.8 Å². The van der Waals surface area contributed by atoms with Crippen LogP contribution in [0.25, 0.3) is 6.08 Å². The summed E-state index contributed by atoms with van der Waals surface area (Å²) >= 11 is 7.28. The maximum absolute atomic E-state index is 11.8. The van der Waals surface area contributed by atoms with Gasteiger partial charge in [-0.05, 0) is 54.3 Å². The first-order valence-corrected chi connectivity index (χ1v) is 7.40. The van der Waals surface area contributed by atoms with Crippen LogP contribution >= 0.6 is 22.9 Å². The van der Waals surface area contributed by atoms with Gasteiger partial charge in [0.05, 0.1) is 0 Å². The molecule has 0 aliphatic rings. The topological polar surface area (TPSA) is 58.2 Å². The fraction of sp³-hybridized carbons (Fsp3) is 0.0667. The number of carbonyl (C=O) groups is 2. The Kier molecular flexibility index (Phi) is 5.14. The number of hydrogen-bond donors (Lipinski definition) is 2. The van der Waals surface area contributed by atoms with Crippen molar-refractivity contribution in [2.24, 2.45) is 0 Å². The van der Waals surface area contributed by atoms with E-state index in [-0.39, 0.29) is 0 Å². The summed E-state index contributed by atoms with van der Waals surface area (Å²) in [5.41, 5.74) is 6.18. The molecule has 1 aromatic heterocycles. The van der Waals surface area contributed by atoms with Gasteiger partial charge in [0.2, 0.25) is 0 Å². The maximum Gasteiger partial charge on any atom is 0.269 e. The number of nitrogens with one attached hydrogen (secondary N) is 2. The zero-order valence-electron chi connectivity index (χ0n) is 11.2. The van der Waals surface area contributed by atoms with Crippen LogP contribution in [0.2, 0.25) is 5.02 Å². The smallest absolute Gasteiger partial charge is 0.268 e. The molecule has 0 saturated carbocycles. The molecule has 2 rings (SSSR count). The number of carbonyl (C=O) groups excluding carboxylic acids is 2. The van der Waals surface area contributed by atoms with E-state index in [1.807, 2.05) is 18.4 Å². The van der Waals surface area contributed by atoms with E-state index < -0.39 is 11.8 Å². The van der Waals surface area contributed by atoms with Crippen LogP contribution in [0.3, 0.4) is 0 Å². The Balaban J connectivity index is 1.86. The second-order valence-electron chi connectivity index (χ2n) is 4.25. The first-order valence-electron chi connectivity index (χ1n) is 6.14. The van der Waals surface area contributed by atoms with E-state index in [1.165, 1.54) is 6.08 Å². The third kappa shape index (κ3) is 4.44. The van der Waals surface area contributed by atoms with E-state index in [0.717, 1.165) is 10.4 Å². The Bertz CT molecular complexity index is 677. The van der Waals surface area contributed by atoms with Crippen LogP contribution in [0.1, 0.15) is 20.8 Å². The minimum Gasteiger partial charge on any atom is -0.268 e. The van der Waals surface area contributed by atoms with Gasteiger partial charge in [0.1, 0.15) is 0 Å². The molecule has 2 amide bonds. The van der Waals surface area contributed by atoms with Gasteiger partial charge < -0.3 is 0 Å². The highest BCUT2D eigenvalue weighted by molar-refractivity contribution is 7.11. The zero-order chi connectivity index (χ0) is 15.2. The molecule has 0 fully saturated rings. The van der Waals surface area contributed by atoms with Crippen molar-refractivity contribution < 1.29 is 9.59 Å². The van der Waals surface area contributed by atoms with Crippen molar-refractivity contribution in [1.29, 1.82) is 0 Å². The summed E-state index contributed by atoms with van der Waals surface area (Å²) in [7, 11) is 0. The number of halogens is 1. The molecule has 0 aliphatic heterocycles. The second kappa shape index (κ2) is 7.06. The molecule has 4 nitrogen and oxygen atoms in total. The molecule has 1 aromatic carbocycles. The number of hydrazine groups is 1. The first kappa shape index (κ1) is 15.3. The lowest BCUT2D eigenvalue weighted by Crippen LogP contribution is -2.40. The Labute approximate surface area is 131 Å². The molecule has 0 aliphatic carbocycles. The fourth-order valence-electron chi connectivity index (χ4n) is 1.54. The van der Waals surface area contributed by atoms with Gasteiger partial charge in [-0.2, -0.15) is 0 Å². The van der Waals surface area contributed by atoms with Gasteiger partial charge >= 0.3 is 0 Å². The summed E-state index contributed by atoms with van der Waals surface area (Å²) < 4.78 is 0. The van der Waals surface area contributed by atoms with Crippen LogP contribution < -0.4 is 10.9 Å². The van der Waals surface area contributed by atoms with Crippen LogP contribution in [0.4, 0.5) is 0 Å². The number of thiophene rings is 1. The van der Waals surface area contributed by atoms with Gasteiger partial charge in [0.25, 0.3) is 11.8 Å². The highest BCUT2D eigenvalue weighted by atomic mass is 35.5. The van der Waals surface area contributed by atoms with Crippen molar-refractivity contribution in [3.8, 4) is 0 Å². The number of hydrogen-bond acceptors (Lipinski definition) is 3. The number of amides is 2. The molecular weight excluding hydrogens is 308 g/mol. The minimum absolute atomic E-state index is 0.398. The zero-order valence-corrected chi connectivity index (χ0v) is 12.8. The van der Waals surface area contributed by atoms with Crippen molar-refractivity contribution in [3.63, 3.8) is 0 Å².